The summed E-state index contributed by atoms with van der Waals surface area (Å²) in [5.41, 5.74) is 0.215. The van der Waals surface area contributed by atoms with Gasteiger partial charge in [0.05, 0.1) is 17.0 Å². The molecule has 0 bridgehead atoms. The highest BCUT2D eigenvalue weighted by Crippen LogP contribution is 2.46. The van der Waals surface area contributed by atoms with Gasteiger partial charge in [-0.2, -0.15) is 0 Å². The largest absolute Gasteiger partial charge is 0.385 e. The van der Waals surface area contributed by atoms with Gasteiger partial charge < -0.3 is 5.11 Å². The maximum absolute atomic E-state index is 14.8. The zero-order chi connectivity index (χ0) is 23.3. The quantitative estimate of drug-likeness (QED) is 0.472. The van der Waals surface area contributed by atoms with Crippen LogP contribution in [0.15, 0.2) is 16.3 Å². The number of carbonyl (C=O) groups excluding carboxylic acids is 1. The van der Waals surface area contributed by atoms with Crippen LogP contribution in [0.5, 0.6) is 0 Å². The topological polar surface area (TPSA) is 90.3 Å². The lowest BCUT2D eigenvalue weighted by molar-refractivity contribution is -0.118. The fraction of sp³-hybridized carbons (Fsp3) is 0.476. The van der Waals surface area contributed by atoms with Crippen molar-refractivity contribution < 1.29 is 22.9 Å². The molecule has 0 saturated heterocycles. The molecular weight excluding hydrogens is 466 g/mol. The van der Waals surface area contributed by atoms with E-state index in [1.54, 1.807) is 0 Å². The summed E-state index contributed by atoms with van der Waals surface area (Å²) in [4.78, 5) is 12.9. The molecule has 1 amide bonds. The van der Waals surface area contributed by atoms with Gasteiger partial charge in [0.15, 0.2) is 19.9 Å². The number of rotatable bonds is 7. The number of benzene rings is 1. The van der Waals surface area contributed by atoms with E-state index in [-0.39, 0.29) is 28.2 Å². The Kier molecular flexibility index (Phi) is 6.55. The van der Waals surface area contributed by atoms with Crippen LogP contribution >= 0.6 is 22.9 Å². The van der Waals surface area contributed by atoms with Crippen molar-refractivity contribution in [3.05, 3.63) is 50.4 Å². The molecule has 10 heteroatoms. The molecule has 0 spiro atoms. The Morgan fingerprint density at radius 1 is 1.39 bits per heavy atom. The molecule has 0 aliphatic heterocycles. The molecule has 31 heavy (non-hydrogen) atoms. The summed E-state index contributed by atoms with van der Waals surface area (Å²) in [5, 5.41) is 10.0. The molecule has 1 aromatic heterocycles. The van der Waals surface area contributed by atoms with E-state index in [4.69, 9.17) is 16.4 Å². The first-order valence-corrected chi connectivity index (χ1v) is 12.6. The summed E-state index contributed by atoms with van der Waals surface area (Å²) in [6.07, 6.45) is 1.28. The number of thiophene rings is 1. The Balaban J connectivity index is 1.93. The van der Waals surface area contributed by atoms with Crippen LogP contribution < -0.4 is 4.72 Å². The van der Waals surface area contributed by atoms with Crippen molar-refractivity contribution in [2.75, 3.05) is 0 Å². The lowest BCUT2D eigenvalue weighted by atomic mass is 9.89. The summed E-state index contributed by atoms with van der Waals surface area (Å²) in [5.74, 6) is -2.32. The average Bonchev–Trinajstić information content (AvgIpc) is 3.36. The summed E-state index contributed by atoms with van der Waals surface area (Å²) < 4.78 is 51.7. The molecule has 170 valence electrons. The Labute approximate surface area is 189 Å². The molecule has 3 N–H and O–H groups in total. The highest BCUT2D eigenvalue weighted by molar-refractivity contribution is 7.93. The second-order valence-electron chi connectivity index (χ2n) is 8.65. The molecule has 1 aliphatic rings. The van der Waals surface area contributed by atoms with E-state index in [0.717, 1.165) is 18.9 Å². The van der Waals surface area contributed by atoms with Gasteiger partial charge in [0.1, 0.15) is 5.82 Å². The van der Waals surface area contributed by atoms with E-state index < -0.39 is 37.3 Å². The molecule has 1 heterocycles. The first-order valence-electron chi connectivity index (χ1n) is 9.84. The van der Waals surface area contributed by atoms with Crippen LogP contribution in [0.3, 0.4) is 0 Å². The maximum atomic E-state index is 14.8. The van der Waals surface area contributed by atoms with Crippen LogP contribution in [0.4, 0.5) is 8.78 Å². The van der Waals surface area contributed by atoms with Crippen molar-refractivity contribution in [2.24, 2.45) is 0 Å². The fourth-order valence-electron chi connectivity index (χ4n) is 3.47. The van der Waals surface area contributed by atoms with Crippen LogP contribution in [0.2, 0.25) is 5.02 Å². The number of hydrogen-bond donors (Lipinski definition) is 3. The smallest absolute Gasteiger partial charge is 0.236 e. The van der Waals surface area contributed by atoms with Gasteiger partial charge in [0.2, 0.25) is 5.91 Å². The van der Waals surface area contributed by atoms with Crippen molar-refractivity contribution in [1.82, 2.24) is 4.72 Å². The third-order valence-corrected chi connectivity index (χ3v) is 8.80. The van der Waals surface area contributed by atoms with Gasteiger partial charge in [0, 0.05) is 4.88 Å². The number of halogens is 3. The van der Waals surface area contributed by atoms with E-state index in [9.17, 15) is 22.9 Å². The van der Waals surface area contributed by atoms with Crippen molar-refractivity contribution in [3.8, 4) is 0 Å². The van der Waals surface area contributed by atoms with E-state index >= 15 is 0 Å². The van der Waals surface area contributed by atoms with Crippen LogP contribution in [0, 0.1) is 16.4 Å². The number of hydrogen-bond acceptors (Lipinski definition) is 5. The molecule has 5 nitrogen and oxygen atoms in total. The van der Waals surface area contributed by atoms with E-state index in [0.29, 0.717) is 28.0 Å². The predicted octanol–water partition coefficient (Wildman–Crippen LogP) is 5.59. The normalized spacial score (nSPS) is 16.4. The first kappa shape index (κ1) is 24.1. The highest BCUT2D eigenvalue weighted by Gasteiger charge is 2.33. The fourth-order valence-corrected chi connectivity index (χ4v) is 6.14. The van der Waals surface area contributed by atoms with Crippen LogP contribution in [0.1, 0.15) is 73.9 Å². The third-order valence-electron chi connectivity index (χ3n) is 5.12. The van der Waals surface area contributed by atoms with Gasteiger partial charge in [-0.25, -0.2) is 17.8 Å². The number of amides is 1. The van der Waals surface area contributed by atoms with Crippen molar-refractivity contribution in [2.45, 2.75) is 68.6 Å². The van der Waals surface area contributed by atoms with Gasteiger partial charge in [-0.1, -0.05) is 25.4 Å². The molecule has 1 atom stereocenters. The van der Waals surface area contributed by atoms with Gasteiger partial charge in [-0.15, -0.1) is 11.3 Å². The SMILES string of the molecule is CC(C)c1cc(Cl)c(F)c(C2CC2)c1CC(=O)NS(=N)(=O)c1sc(C(C)(C)O)cc1F. The Morgan fingerprint density at radius 2 is 2.00 bits per heavy atom. The Hall–Kier alpha value is -1.55. The summed E-state index contributed by atoms with van der Waals surface area (Å²) in [7, 11) is -4.01. The molecule has 2 aromatic rings. The van der Waals surface area contributed by atoms with Crippen LogP contribution in [-0.4, -0.2) is 15.2 Å². The molecule has 1 unspecified atom stereocenters. The molecule has 1 fully saturated rings. The molecule has 1 aliphatic carbocycles. The average molecular weight is 491 g/mol. The van der Waals surface area contributed by atoms with Gasteiger partial charge in [0.25, 0.3) is 0 Å². The lowest BCUT2D eigenvalue weighted by Gasteiger charge is -2.19. The zero-order valence-corrected chi connectivity index (χ0v) is 20.0. The van der Waals surface area contributed by atoms with Gasteiger partial charge in [-0.3, -0.25) is 9.52 Å². The van der Waals surface area contributed by atoms with E-state index in [1.807, 2.05) is 13.8 Å². The van der Waals surface area contributed by atoms with Crippen molar-refractivity contribution in [3.63, 3.8) is 0 Å². The second-order valence-corrected chi connectivity index (χ2v) is 12.1. The molecule has 1 saturated carbocycles. The van der Waals surface area contributed by atoms with Crippen LogP contribution in [0.25, 0.3) is 0 Å². The van der Waals surface area contributed by atoms with Gasteiger partial charge in [-0.05, 0) is 67.3 Å². The predicted molar refractivity (Wildman–Crippen MR) is 118 cm³/mol. The lowest BCUT2D eigenvalue weighted by Crippen LogP contribution is -2.31. The number of carbonyl (C=O) groups is 1. The monoisotopic (exact) mass is 490 g/mol. The van der Waals surface area contributed by atoms with Crippen molar-refractivity contribution in [1.29, 1.82) is 4.78 Å². The second kappa shape index (κ2) is 8.42. The first-order chi connectivity index (χ1) is 14.2. The zero-order valence-electron chi connectivity index (χ0n) is 17.6. The Bertz CT molecular complexity index is 1130. The molecule has 3 rings (SSSR count). The van der Waals surface area contributed by atoms with E-state index in [2.05, 4.69) is 4.72 Å². The van der Waals surface area contributed by atoms with Crippen molar-refractivity contribution >= 4 is 38.8 Å². The Morgan fingerprint density at radius 3 is 2.48 bits per heavy atom. The number of aliphatic hydroxyl groups is 1. The minimum atomic E-state index is -4.01. The summed E-state index contributed by atoms with van der Waals surface area (Å²) >= 11 is 6.75. The highest BCUT2D eigenvalue weighted by atomic mass is 35.5. The molecular formula is C21H25ClF2N2O3S2. The van der Waals surface area contributed by atoms with Crippen LogP contribution in [-0.2, 0) is 26.7 Å². The standard InChI is InChI=1S/C21H25ClF2N2O3S2/c1-10(2)12-7-14(22)19(24)18(11-5-6-11)13(12)8-17(27)26-31(25,29)20-15(23)9-16(30-20)21(3,4)28/h7,9-11,28H,5-6,8H2,1-4H3,(H2,25,26,27,29). The summed E-state index contributed by atoms with van der Waals surface area (Å²) in [6.45, 7) is 6.67. The summed E-state index contributed by atoms with van der Waals surface area (Å²) in [6, 6.07) is 2.51. The third kappa shape index (κ3) is 5.10. The van der Waals surface area contributed by atoms with E-state index in [1.165, 1.54) is 19.9 Å². The molecule has 1 aromatic carbocycles. The molecule has 0 radical (unpaired) electrons. The number of nitrogens with one attached hydrogen (secondary N) is 2. The minimum absolute atomic E-state index is 0.00106. The minimum Gasteiger partial charge on any atom is -0.385 e. The van der Waals surface area contributed by atoms with Gasteiger partial charge >= 0.3 is 0 Å². The maximum Gasteiger partial charge on any atom is 0.236 e.